The van der Waals surface area contributed by atoms with Gasteiger partial charge in [0.2, 0.25) is 5.91 Å². The molecule has 1 heterocycles. The van der Waals surface area contributed by atoms with Crippen molar-refractivity contribution in [3.05, 3.63) is 29.8 Å². The Kier molecular flexibility index (Phi) is 4.06. The number of carboxylic acids is 1. The Labute approximate surface area is 113 Å². The molecule has 100 valence electrons. The molecule has 1 N–H and O–H groups in total. The number of benzene rings is 1. The third-order valence-electron chi connectivity index (χ3n) is 2.51. The van der Waals surface area contributed by atoms with E-state index < -0.39 is 12.1 Å². The molecule has 0 bridgehead atoms. The monoisotopic (exact) mass is 281 g/mol. The first kappa shape index (κ1) is 13.4. The number of hydrogen-bond acceptors (Lipinski definition) is 5. The number of cyclic esters (lactones) is 1. The quantitative estimate of drug-likeness (QED) is 0.841. The van der Waals surface area contributed by atoms with Crippen LogP contribution in [-0.4, -0.2) is 46.9 Å². The van der Waals surface area contributed by atoms with E-state index in [-0.39, 0.29) is 30.4 Å². The molecule has 1 aliphatic rings. The first-order valence-corrected chi connectivity index (χ1v) is 6.50. The molecule has 7 heteroatoms. The summed E-state index contributed by atoms with van der Waals surface area (Å²) >= 11 is 1.19. The maximum absolute atomic E-state index is 11.7. The number of amides is 2. The van der Waals surface area contributed by atoms with Gasteiger partial charge >= 0.3 is 12.1 Å². The van der Waals surface area contributed by atoms with Crippen molar-refractivity contribution in [2.24, 2.45) is 0 Å². The maximum Gasteiger partial charge on any atom is 0.416 e. The van der Waals surface area contributed by atoms with Crippen molar-refractivity contribution in [2.45, 2.75) is 4.90 Å². The van der Waals surface area contributed by atoms with Crippen molar-refractivity contribution >= 4 is 29.7 Å². The van der Waals surface area contributed by atoms with Crippen molar-refractivity contribution in [3.63, 3.8) is 0 Å². The smallest absolute Gasteiger partial charge is 0.416 e. The molecule has 0 unspecified atom stereocenters. The topological polar surface area (TPSA) is 83.9 Å². The van der Waals surface area contributed by atoms with Gasteiger partial charge in [0.15, 0.2) is 0 Å². The fourth-order valence-electron chi connectivity index (χ4n) is 1.56. The molecule has 0 spiro atoms. The summed E-state index contributed by atoms with van der Waals surface area (Å²) < 4.78 is 4.67. The van der Waals surface area contributed by atoms with Gasteiger partial charge in [-0.05, 0) is 18.2 Å². The molecule has 0 aromatic heterocycles. The first-order valence-electron chi connectivity index (χ1n) is 5.51. The highest BCUT2D eigenvalue weighted by molar-refractivity contribution is 8.00. The second-order valence-electron chi connectivity index (χ2n) is 3.78. The molecular formula is C12H11NO5S. The van der Waals surface area contributed by atoms with Crippen LogP contribution in [0.4, 0.5) is 4.79 Å². The van der Waals surface area contributed by atoms with Gasteiger partial charge in [-0.3, -0.25) is 4.79 Å². The largest absolute Gasteiger partial charge is 0.478 e. The fraction of sp³-hybridized carbons (Fsp3) is 0.250. The molecule has 1 aromatic rings. The van der Waals surface area contributed by atoms with Crippen molar-refractivity contribution in [2.75, 3.05) is 18.9 Å². The number of ether oxygens (including phenoxy) is 1. The number of carboxylic acid groups (broad SMARTS) is 1. The van der Waals surface area contributed by atoms with Gasteiger partial charge in [-0.1, -0.05) is 6.07 Å². The number of carbonyl (C=O) groups is 3. The van der Waals surface area contributed by atoms with Gasteiger partial charge in [0.05, 0.1) is 17.9 Å². The highest BCUT2D eigenvalue weighted by Crippen LogP contribution is 2.20. The Bertz CT molecular complexity index is 531. The summed E-state index contributed by atoms with van der Waals surface area (Å²) in [4.78, 5) is 35.4. The summed E-state index contributed by atoms with van der Waals surface area (Å²) in [5, 5.41) is 8.85. The Morgan fingerprint density at radius 3 is 2.84 bits per heavy atom. The summed E-state index contributed by atoms with van der Waals surface area (Å²) in [5.41, 5.74) is 0.165. The van der Waals surface area contributed by atoms with E-state index in [0.717, 1.165) is 4.90 Å². The van der Waals surface area contributed by atoms with Crippen molar-refractivity contribution in [3.8, 4) is 0 Å². The molecule has 6 nitrogen and oxygen atoms in total. The predicted octanol–water partition coefficient (Wildman–Crippen LogP) is 1.46. The molecular weight excluding hydrogens is 270 g/mol. The highest BCUT2D eigenvalue weighted by Gasteiger charge is 2.27. The summed E-state index contributed by atoms with van der Waals surface area (Å²) in [6.07, 6.45) is -0.620. The molecule has 0 aliphatic carbocycles. The van der Waals surface area contributed by atoms with E-state index in [1.165, 1.54) is 23.9 Å². The van der Waals surface area contributed by atoms with Gasteiger partial charge < -0.3 is 9.84 Å². The van der Waals surface area contributed by atoms with Crippen molar-refractivity contribution in [1.29, 1.82) is 0 Å². The Morgan fingerprint density at radius 2 is 2.21 bits per heavy atom. The molecule has 19 heavy (non-hydrogen) atoms. The van der Waals surface area contributed by atoms with Crippen LogP contribution in [0.5, 0.6) is 0 Å². The van der Waals surface area contributed by atoms with Gasteiger partial charge in [-0.25, -0.2) is 14.5 Å². The van der Waals surface area contributed by atoms with Crippen LogP contribution < -0.4 is 0 Å². The van der Waals surface area contributed by atoms with Gasteiger partial charge in [0, 0.05) is 4.90 Å². The average Bonchev–Trinajstić information content (AvgIpc) is 2.82. The van der Waals surface area contributed by atoms with Crippen LogP contribution in [0, 0.1) is 0 Å². The molecule has 0 saturated carbocycles. The molecule has 1 fully saturated rings. The zero-order valence-corrected chi connectivity index (χ0v) is 10.7. The number of imide groups is 1. The number of rotatable bonds is 4. The summed E-state index contributed by atoms with van der Waals surface area (Å²) in [6.45, 7) is 0.497. The molecule has 1 saturated heterocycles. The van der Waals surface area contributed by atoms with E-state index in [2.05, 4.69) is 4.74 Å². The number of carbonyl (C=O) groups excluding carboxylic acids is 2. The lowest BCUT2D eigenvalue weighted by Crippen LogP contribution is -2.32. The minimum atomic E-state index is -1.02. The van der Waals surface area contributed by atoms with Crippen LogP contribution in [-0.2, 0) is 9.53 Å². The number of thioether (sulfide) groups is 1. The van der Waals surface area contributed by atoms with E-state index in [1.54, 1.807) is 12.1 Å². The average molecular weight is 281 g/mol. The van der Waals surface area contributed by atoms with Crippen LogP contribution in [0.15, 0.2) is 29.2 Å². The Morgan fingerprint density at radius 1 is 1.42 bits per heavy atom. The summed E-state index contributed by atoms with van der Waals surface area (Å²) in [5.74, 6) is -1.29. The normalized spacial score (nSPS) is 14.3. The van der Waals surface area contributed by atoms with Gasteiger partial charge in [0.1, 0.15) is 6.61 Å². The van der Waals surface area contributed by atoms with Crippen LogP contribution in [0.2, 0.25) is 0 Å². The maximum atomic E-state index is 11.7. The van der Waals surface area contributed by atoms with Crippen LogP contribution in [0.1, 0.15) is 10.4 Å². The van der Waals surface area contributed by atoms with E-state index >= 15 is 0 Å². The number of aromatic carboxylic acids is 1. The van der Waals surface area contributed by atoms with Gasteiger partial charge in [-0.2, -0.15) is 0 Å². The zero-order chi connectivity index (χ0) is 13.8. The summed E-state index contributed by atoms with van der Waals surface area (Å²) in [7, 11) is 0. The molecule has 1 aliphatic heterocycles. The standard InChI is InChI=1S/C12H11NO5S/c14-10(13-4-5-18-12(13)17)7-19-9-3-1-2-8(6-9)11(15)16/h1-3,6H,4-5,7H2,(H,15,16). The first-order chi connectivity index (χ1) is 9.08. The van der Waals surface area contributed by atoms with Crippen LogP contribution in [0.25, 0.3) is 0 Å². The van der Waals surface area contributed by atoms with Gasteiger partial charge in [0.25, 0.3) is 0 Å². The lowest BCUT2D eigenvalue weighted by Gasteiger charge is -2.10. The minimum Gasteiger partial charge on any atom is -0.478 e. The van der Waals surface area contributed by atoms with E-state index in [0.29, 0.717) is 4.90 Å². The molecule has 0 radical (unpaired) electrons. The zero-order valence-electron chi connectivity index (χ0n) is 9.87. The highest BCUT2D eigenvalue weighted by atomic mass is 32.2. The van der Waals surface area contributed by atoms with E-state index in [9.17, 15) is 14.4 Å². The third kappa shape index (κ3) is 3.25. The SMILES string of the molecule is O=C(O)c1cccc(SCC(=O)N2CCOC2=O)c1. The van der Waals surface area contributed by atoms with Gasteiger partial charge in [-0.15, -0.1) is 11.8 Å². The van der Waals surface area contributed by atoms with Crippen LogP contribution >= 0.6 is 11.8 Å². The molecule has 0 atom stereocenters. The second kappa shape index (κ2) is 5.75. The van der Waals surface area contributed by atoms with Crippen molar-refractivity contribution in [1.82, 2.24) is 4.90 Å². The molecule has 2 rings (SSSR count). The minimum absolute atomic E-state index is 0.0676. The molecule has 2 amide bonds. The fourth-order valence-corrected chi connectivity index (χ4v) is 2.39. The van der Waals surface area contributed by atoms with Crippen LogP contribution in [0.3, 0.4) is 0 Å². The Hall–Kier alpha value is -2.02. The lowest BCUT2D eigenvalue weighted by atomic mass is 10.2. The Balaban J connectivity index is 1.95. The third-order valence-corrected chi connectivity index (χ3v) is 3.48. The number of nitrogens with zero attached hydrogens (tertiary/aromatic N) is 1. The van der Waals surface area contributed by atoms with E-state index in [1.807, 2.05) is 0 Å². The lowest BCUT2D eigenvalue weighted by molar-refractivity contribution is -0.125. The molecule has 1 aromatic carbocycles. The van der Waals surface area contributed by atoms with E-state index in [4.69, 9.17) is 5.11 Å². The second-order valence-corrected chi connectivity index (χ2v) is 4.83. The number of hydrogen-bond donors (Lipinski definition) is 1. The predicted molar refractivity (Wildman–Crippen MR) is 67.2 cm³/mol. The summed E-state index contributed by atoms with van der Waals surface area (Å²) in [6, 6.07) is 6.29. The van der Waals surface area contributed by atoms with Crippen molar-refractivity contribution < 1.29 is 24.2 Å².